The van der Waals surface area contributed by atoms with Crippen LogP contribution in [0.4, 0.5) is 0 Å². The average Bonchev–Trinajstić information content (AvgIpc) is 3.78. The van der Waals surface area contributed by atoms with Gasteiger partial charge >= 0.3 is 28.4 Å². The maximum absolute atomic E-state index is 3.34. The summed E-state index contributed by atoms with van der Waals surface area (Å²) >= 11 is 1.30. The van der Waals surface area contributed by atoms with Gasteiger partial charge in [-0.2, -0.15) is 53.6 Å². The molecule has 0 N–H and O–H groups in total. The van der Waals surface area contributed by atoms with Crippen molar-refractivity contribution in [3.8, 4) is 0 Å². The summed E-state index contributed by atoms with van der Waals surface area (Å²) in [6.07, 6.45) is 8.50. The molecule has 46 heavy (non-hydrogen) atoms. The Labute approximate surface area is 294 Å². The van der Waals surface area contributed by atoms with Crippen LogP contribution in [-0.2, 0) is 30.7 Å². The molecule has 4 aliphatic carbocycles. The maximum atomic E-state index is 3.34. The van der Waals surface area contributed by atoms with E-state index in [2.05, 4.69) is 120 Å². The van der Waals surface area contributed by atoms with Crippen LogP contribution in [0, 0.1) is 39.6 Å². The fourth-order valence-electron chi connectivity index (χ4n) is 8.96. The van der Waals surface area contributed by atoms with Gasteiger partial charge in [-0.1, -0.05) is 132 Å². The van der Waals surface area contributed by atoms with Gasteiger partial charge in [-0.25, -0.2) is 18.1 Å². The van der Waals surface area contributed by atoms with Crippen molar-refractivity contribution < 1.29 is 24.2 Å². The van der Waals surface area contributed by atoms with Crippen molar-refractivity contribution in [2.24, 2.45) is 27.6 Å². The molecular formula is C45H51Zr-3. The van der Waals surface area contributed by atoms with E-state index in [9.17, 15) is 0 Å². The van der Waals surface area contributed by atoms with Gasteiger partial charge in [0.25, 0.3) is 0 Å². The zero-order chi connectivity index (χ0) is 33.3. The van der Waals surface area contributed by atoms with E-state index in [1.807, 2.05) is 54.6 Å². The van der Waals surface area contributed by atoms with E-state index < -0.39 is 0 Å². The molecule has 0 radical (unpaired) electrons. The molecule has 0 amide bonds. The average molecular weight is 683 g/mol. The fourth-order valence-corrected chi connectivity index (χ4v) is 8.96. The van der Waals surface area contributed by atoms with Gasteiger partial charge in [0.05, 0.1) is 0 Å². The zero-order valence-electron chi connectivity index (χ0n) is 29.3. The van der Waals surface area contributed by atoms with Crippen LogP contribution in [0.2, 0.25) is 0 Å². The Morgan fingerprint density at radius 2 is 1.48 bits per heavy atom. The predicted octanol–water partition coefficient (Wildman–Crippen LogP) is 12.0. The van der Waals surface area contributed by atoms with Crippen molar-refractivity contribution in [2.75, 3.05) is 0 Å². The van der Waals surface area contributed by atoms with Crippen LogP contribution in [0.5, 0.6) is 0 Å². The quantitative estimate of drug-likeness (QED) is 0.162. The molecule has 8 rings (SSSR count). The van der Waals surface area contributed by atoms with E-state index in [4.69, 9.17) is 0 Å². The monoisotopic (exact) mass is 681 g/mol. The normalized spacial score (nSPS) is 24.1. The Kier molecular flexibility index (Phi) is 9.97. The fraction of sp³-hybridized carbons (Fsp3) is 0.356. The largest absolute Gasteiger partial charge is 0.214 e. The summed E-state index contributed by atoms with van der Waals surface area (Å²) in [6.45, 7) is 20.3. The molecule has 1 saturated carbocycles. The number of benzene rings is 3. The third-order valence-corrected chi connectivity index (χ3v) is 12.9. The minimum absolute atomic E-state index is 0.164. The van der Waals surface area contributed by atoms with Crippen LogP contribution < -0.4 is 0 Å². The van der Waals surface area contributed by atoms with E-state index in [0.717, 1.165) is 6.42 Å². The molecule has 4 aliphatic rings. The number of rotatable bonds is 0. The van der Waals surface area contributed by atoms with E-state index >= 15 is 0 Å². The van der Waals surface area contributed by atoms with Crippen LogP contribution >= 0.6 is 0 Å². The van der Waals surface area contributed by atoms with Gasteiger partial charge in [-0.15, -0.1) is 23.8 Å². The first-order valence-electron chi connectivity index (χ1n) is 16.9. The molecule has 0 saturated heterocycles. The number of hydrogen-bond donors (Lipinski definition) is 0. The molecule has 0 aromatic heterocycles. The summed E-state index contributed by atoms with van der Waals surface area (Å²) in [5.74, 6) is 2.24. The van der Waals surface area contributed by atoms with Crippen molar-refractivity contribution in [3.63, 3.8) is 0 Å². The van der Waals surface area contributed by atoms with E-state index in [1.165, 1.54) is 59.0 Å². The molecule has 0 bridgehead atoms. The van der Waals surface area contributed by atoms with E-state index in [0.29, 0.717) is 5.92 Å². The molecule has 1 fully saturated rings. The van der Waals surface area contributed by atoms with Gasteiger partial charge in [0.2, 0.25) is 0 Å². The molecule has 4 aromatic carbocycles. The Morgan fingerprint density at radius 1 is 0.826 bits per heavy atom. The number of hydrogen-bond acceptors (Lipinski definition) is 0. The SMILES string of the molecule is C[C-]1C2=C3Cc4ccccc4C3=C3C=CCCC3C2(C)C(C)(C)C(C)(C)C1(C)C.[CH2]=[Zr].[c-]1ccc2ccccc2c1.c1cc[cH-]c1. The molecule has 0 nitrogen and oxygen atoms in total. The first-order chi connectivity index (χ1) is 21.9. The molecule has 2 atom stereocenters. The summed E-state index contributed by atoms with van der Waals surface area (Å²) in [5.41, 5.74) is 10.3. The van der Waals surface area contributed by atoms with E-state index in [1.54, 1.807) is 28.2 Å². The Balaban J connectivity index is 0.000000199. The Bertz CT molecular complexity index is 1670. The molecule has 2 unspecified atom stereocenters. The minimum atomic E-state index is 0.164. The van der Waals surface area contributed by atoms with Gasteiger partial charge in [0.15, 0.2) is 0 Å². The maximum Gasteiger partial charge on any atom is -0.0648 e. The molecule has 0 aliphatic heterocycles. The van der Waals surface area contributed by atoms with Crippen molar-refractivity contribution in [2.45, 2.75) is 74.7 Å². The van der Waals surface area contributed by atoms with Gasteiger partial charge in [-0.3, -0.25) is 0 Å². The topological polar surface area (TPSA) is 0 Å². The first-order valence-corrected chi connectivity index (χ1v) is 18.6. The van der Waals surface area contributed by atoms with E-state index in [-0.39, 0.29) is 21.7 Å². The number of fused-ring (bicyclic) bond motifs is 7. The van der Waals surface area contributed by atoms with Crippen molar-refractivity contribution in [1.82, 2.24) is 0 Å². The molecule has 1 heteroatoms. The molecule has 4 aromatic rings. The van der Waals surface area contributed by atoms with Crippen molar-refractivity contribution in [3.05, 3.63) is 149 Å². The Hall–Kier alpha value is -2.89. The summed E-state index contributed by atoms with van der Waals surface area (Å²) in [5, 5.41) is 2.53. The molecular weight excluding hydrogens is 632 g/mol. The first kappa shape index (κ1) is 34.4. The zero-order valence-corrected chi connectivity index (χ0v) is 31.8. The van der Waals surface area contributed by atoms with Crippen LogP contribution in [0.1, 0.15) is 79.4 Å². The van der Waals surface area contributed by atoms with Gasteiger partial charge in [0.1, 0.15) is 0 Å². The second kappa shape index (κ2) is 13.3. The summed E-state index contributed by atoms with van der Waals surface area (Å²) in [6, 6.07) is 36.5. The van der Waals surface area contributed by atoms with Crippen LogP contribution in [0.25, 0.3) is 16.3 Å². The summed E-state index contributed by atoms with van der Waals surface area (Å²) < 4.78 is 3.34. The summed E-state index contributed by atoms with van der Waals surface area (Å²) in [4.78, 5) is 0. The predicted molar refractivity (Wildman–Crippen MR) is 196 cm³/mol. The molecule has 0 spiro atoms. The van der Waals surface area contributed by atoms with Crippen LogP contribution in [0.15, 0.2) is 126 Å². The van der Waals surface area contributed by atoms with Gasteiger partial charge in [0, 0.05) is 0 Å². The second-order valence-corrected chi connectivity index (χ2v) is 15.0. The molecule has 238 valence electrons. The smallest absolute Gasteiger partial charge is 0.0648 e. The van der Waals surface area contributed by atoms with Crippen molar-refractivity contribution in [1.29, 1.82) is 0 Å². The van der Waals surface area contributed by atoms with Crippen LogP contribution in [-0.4, -0.2) is 4.21 Å². The third-order valence-electron chi connectivity index (χ3n) is 12.9. The second-order valence-electron chi connectivity index (χ2n) is 15.0. The number of allylic oxidation sites excluding steroid dienone is 6. The summed E-state index contributed by atoms with van der Waals surface area (Å²) in [7, 11) is 0. The van der Waals surface area contributed by atoms with Gasteiger partial charge < -0.3 is 0 Å². The van der Waals surface area contributed by atoms with Crippen molar-refractivity contribution >= 4 is 20.6 Å². The third kappa shape index (κ3) is 5.36. The molecule has 0 heterocycles. The van der Waals surface area contributed by atoms with Gasteiger partial charge in [-0.05, 0) is 40.6 Å². The minimum Gasteiger partial charge on any atom is -0.214 e. The Morgan fingerprint density at radius 3 is 2.13 bits per heavy atom. The standard InChI is InChI=1S/C29H37.C10H7.C5H5.CH2.Zr/c1-18-25-22-17-19-13-9-10-14-20(19)24(22)21-15-11-12-16-23(21)29(25,8)28(6,7)27(4,5)26(18,2)3;1-2-6-10-8-4-3-7-9(10)5-1;1-2-4-5-3-1;;/h9-11,13-15,23H,12,16-17H2,1-8H3;1-3,5-8H;1-5H;1H2;/q3*-1;;. The van der Waals surface area contributed by atoms with Crippen LogP contribution in [0.3, 0.4) is 0 Å².